The maximum absolute atomic E-state index is 12.4. The molecule has 0 saturated heterocycles. The number of carbonyl (C=O) groups is 2. The molecule has 0 atom stereocenters. The Morgan fingerprint density at radius 2 is 1.89 bits per heavy atom. The summed E-state index contributed by atoms with van der Waals surface area (Å²) in [6, 6.07) is 0. The van der Waals surface area contributed by atoms with Crippen molar-refractivity contribution in [3.8, 4) is 0 Å². The maximum Gasteiger partial charge on any atom is 0.346 e. The van der Waals surface area contributed by atoms with Gasteiger partial charge in [-0.2, -0.15) is 0 Å². The summed E-state index contributed by atoms with van der Waals surface area (Å²) >= 11 is 0.999. The first kappa shape index (κ1) is 13.1. The van der Waals surface area contributed by atoms with E-state index in [2.05, 4.69) is 0 Å². The predicted molar refractivity (Wildman–Crippen MR) is 71.3 cm³/mol. The first-order valence-corrected chi connectivity index (χ1v) is 7.00. The zero-order valence-electron chi connectivity index (χ0n) is 10.4. The van der Waals surface area contributed by atoms with E-state index in [-0.39, 0.29) is 16.6 Å². The van der Waals surface area contributed by atoms with Crippen molar-refractivity contribution in [2.45, 2.75) is 39.0 Å². The standard InChI is InChI=1S/C13H17NO3S/c1-7-9(12(14)18-11(7)13(16)17)10(15)8-5-3-2-4-6-8/h8H,2-6,14H2,1H3,(H,16,17). The van der Waals surface area contributed by atoms with E-state index >= 15 is 0 Å². The molecule has 0 radical (unpaired) electrons. The summed E-state index contributed by atoms with van der Waals surface area (Å²) in [5, 5.41) is 9.39. The van der Waals surface area contributed by atoms with Crippen molar-refractivity contribution in [2.24, 2.45) is 5.92 Å². The van der Waals surface area contributed by atoms with Crippen LogP contribution in [-0.2, 0) is 0 Å². The Bertz CT molecular complexity index is 487. The molecule has 1 fully saturated rings. The SMILES string of the molecule is Cc1c(C(=O)O)sc(N)c1C(=O)C1CCCCC1. The molecule has 0 unspecified atom stereocenters. The van der Waals surface area contributed by atoms with Crippen LogP contribution < -0.4 is 5.73 Å². The maximum atomic E-state index is 12.4. The lowest BCUT2D eigenvalue weighted by atomic mass is 9.83. The van der Waals surface area contributed by atoms with Crippen LogP contribution in [-0.4, -0.2) is 16.9 Å². The predicted octanol–water partition coefficient (Wildman–Crippen LogP) is 3.10. The lowest BCUT2D eigenvalue weighted by molar-refractivity contribution is 0.0701. The van der Waals surface area contributed by atoms with E-state index in [0.29, 0.717) is 16.1 Å². The van der Waals surface area contributed by atoms with E-state index in [0.717, 1.165) is 37.0 Å². The normalized spacial score (nSPS) is 16.7. The van der Waals surface area contributed by atoms with E-state index in [9.17, 15) is 9.59 Å². The monoisotopic (exact) mass is 267 g/mol. The Morgan fingerprint density at radius 1 is 1.28 bits per heavy atom. The average molecular weight is 267 g/mol. The molecule has 18 heavy (non-hydrogen) atoms. The van der Waals surface area contributed by atoms with Gasteiger partial charge in [-0.3, -0.25) is 4.79 Å². The third-order valence-corrected chi connectivity index (χ3v) is 4.70. The second-order valence-corrected chi connectivity index (χ2v) is 5.85. The average Bonchev–Trinajstić information content (AvgIpc) is 2.65. The lowest BCUT2D eigenvalue weighted by Crippen LogP contribution is -2.19. The van der Waals surface area contributed by atoms with Gasteiger partial charge in [0.2, 0.25) is 0 Å². The van der Waals surface area contributed by atoms with Crippen molar-refractivity contribution in [3.63, 3.8) is 0 Å². The topological polar surface area (TPSA) is 80.4 Å². The number of aromatic carboxylic acids is 1. The molecule has 1 heterocycles. The molecule has 0 aliphatic heterocycles. The second-order valence-electron chi connectivity index (χ2n) is 4.80. The van der Waals surface area contributed by atoms with Gasteiger partial charge in [0.25, 0.3) is 0 Å². The Morgan fingerprint density at radius 3 is 2.39 bits per heavy atom. The van der Waals surface area contributed by atoms with Gasteiger partial charge in [-0.05, 0) is 25.3 Å². The Labute approximate surface area is 110 Å². The number of thiophene rings is 1. The van der Waals surface area contributed by atoms with Gasteiger partial charge in [-0.15, -0.1) is 11.3 Å². The van der Waals surface area contributed by atoms with Crippen molar-refractivity contribution in [3.05, 3.63) is 16.0 Å². The molecule has 1 aliphatic carbocycles. The summed E-state index contributed by atoms with van der Waals surface area (Å²) in [4.78, 5) is 23.6. The second kappa shape index (κ2) is 5.10. The number of nitrogen functional groups attached to an aromatic ring is 1. The van der Waals surface area contributed by atoms with Gasteiger partial charge in [0.1, 0.15) is 4.88 Å². The van der Waals surface area contributed by atoms with Crippen LogP contribution in [0.3, 0.4) is 0 Å². The minimum atomic E-state index is -1.01. The van der Waals surface area contributed by atoms with Gasteiger partial charge >= 0.3 is 5.97 Å². The molecule has 5 heteroatoms. The highest BCUT2D eigenvalue weighted by atomic mass is 32.1. The minimum Gasteiger partial charge on any atom is -0.477 e. The third-order valence-electron chi connectivity index (χ3n) is 3.59. The highest BCUT2D eigenvalue weighted by Gasteiger charge is 2.28. The van der Waals surface area contributed by atoms with Gasteiger partial charge in [-0.25, -0.2) is 4.79 Å². The number of ketones is 1. The molecule has 1 aromatic rings. The molecule has 98 valence electrons. The van der Waals surface area contributed by atoms with Gasteiger partial charge in [0.15, 0.2) is 5.78 Å². The number of carboxylic acid groups (broad SMARTS) is 1. The number of anilines is 1. The van der Waals surface area contributed by atoms with Crippen LogP contribution in [0.5, 0.6) is 0 Å². The number of carbonyl (C=O) groups excluding carboxylic acids is 1. The Balaban J connectivity index is 2.32. The third kappa shape index (κ3) is 2.27. The van der Waals surface area contributed by atoms with Crippen LogP contribution >= 0.6 is 11.3 Å². The molecular formula is C13H17NO3S. The molecule has 1 aromatic heterocycles. The number of hydrogen-bond acceptors (Lipinski definition) is 4. The van der Waals surface area contributed by atoms with Gasteiger partial charge in [0.05, 0.1) is 10.6 Å². The summed E-state index contributed by atoms with van der Waals surface area (Å²) in [7, 11) is 0. The lowest BCUT2D eigenvalue weighted by Gasteiger charge is -2.20. The van der Waals surface area contributed by atoms with Gasteiger partial charge < -0.3 is 10.8 Å². The smallest absolute Gasteiger partial charge is 0.346 e. The van der Waals surface area contributed by atoms with E-state index < -0.39 is 5.97 Å². The summed E-state index contributed by atoms with van der Waals surface area (Å²) in [6.07, 6.45) is 5.13. The van der Waals surface area contributed by atoms with Crippen molar-refractivity contribution < 1.29 is 14.7 Å². The summed E-state index contributed by atoms with van der Waals surface area (Å²) in [6.45, 7) is 1.67. The number of hydrogen-bond donors (Lipinski definition) is 2. The fourth-order valence-corrected chi connectivity index (χ4v) is 3.53. The number of carboxylic acids is 1. The highest BCUT2D eigenvalue weighted by molar-refractivity contribution is 7.18. The van der Waals surface area contributed by atoms with Crippen molar-refractivity contribution in [1.82, 2.24) is 0 Å². The molecule has 0 spiro atoms. The minimum absolute atomic E-state index is 0.0241. The van der Waals surface area contributed by atoms with Crippen molar-refractivity contribution in [1.29, 1.82) is 0 Å². The van der Waals surface area contributed by atoms with E-state index in [1.54, 1.807) is 6.92 Å². The molecule has 0 amide bonds. The summed E-state index contributed by atoms with van der Waals surface area (Å²) < 4.78 is 0. The molecule has 0 aromatic carbocycles. The van der Waals surface area contributed by atoms with E-state index in [4.69, 9.17) is 10.8 Å². The zero-order chi connectivity index (χ0) is 13.3. The van der Waals surface area contributed by atoms with Gasteiger partial charge in [0, 0.05) is 5.92 Å². The molecule has 4 nitrogen and oxygen atoms in total. The zero-order valence-corrected chi connectivity index (χ0v) is 11.2. The molecule has 1 saturated carbocycles. The first-order chi connectivity index (χ1) is 8.52. The highest BCUT2D eigenvalue weighted by Crippen LogP contribution is 2.35. The molecule has 2 rings (SSSR count). The number of Topliss-reactive ketones (excluding diaryl/α,β-unsaturated/α-hetero) is 1. The molecule has 0 bridgehead atoms. The first-order valence-electron chi connectivity index (χ1n) is 6.18. The fourth-order valence-electron chi connectivity index (χ4n) is 2.62. The van der Waals surface area contributed by atoms with E-state index in [1.165, 1.54) is 6.42 Å². The molecule has 3 N–H and O–H groups in total. The molecular weight excluding hydrogens is 250 g/mol. The molecule has 1 aliphatic rings. The van der Waals surface area contributed by atoms with Crippen LogP contribution in [0.1, 0.15) is 57.7 Å². The van der Waals surface area contributed by atoms with Crippen LogP contribution in [0.15, 0.2) is 0 Å². The largest absolute Gasteiger partial charge is 0.477 e. The van der Waals surface area contributed by atoms with Crippen LogP contribution in [0.4, 0.5) is 5.00 Å². The summed E-state index contributed by atoms with van der Waals surface area (Å²) in [5.74, 6) is -0.948. The van der Waals surface area contributed by atoms with E-state index in [1.807, 2.05) is 0 Å². The fraction of sp³-hybridized carbons (Fsp3) is 0.538. The van der Waals surface area contributed by atoms with Crippen LogP contribution in [0, 0.1) is 12.8 Å². The van der Waals surface area contributed by atoms with Crippen molar-refractivity contribution in [2.75, 3.05) is 5.73 Å². The Hall–Kier alpha value is -1.36. The summed E-state index contributed by atoms with van der Waals surface area (Å²) in [5.41, 5.74) is 6.80. The number of rotatable bonds is 3. The van der Waals surface area contributed by atoms with Gasteiger partial charge in [-0.1, -0.05) is 19.3 Å². The van der Waals surface area contributed by atoms with Crippen LogP contribution in [0.25, 0.3) is 0 Å². The van der Waals surface area contributed by atoms with Crippen molar-refractivity contribution >= 4 is 28.1 Å². The van der Waals surface area contributed by atoms with Crippen LogP contribution in [0.2, 0.25) is 0 Å². The Kier molecular flexibility index (Phi) is 3.71. The number of nitrogens with two attached hydrogens (primary N) is 1. The quantitative estimate of drug-likeness (QED) is 0.825.